The Balaban J connectivity index is 2.61. The Hall–Kier alpha value is -1.04. The Kier molecular flexibility index (Phi) is 3.30. The minimum atomic E-state index is -0.208. The van der Waals surface area contributed by atoms with E-state index < -0.39 is 0 Å². The molecule has 3 heteroatoms. The van der Waals surface area contributed by atoms with Gasteiger partial charge in [-0.3, -0.25) is 4.79 Å². The second kappa shape index (κ2) is 4.27. The molecular weight excluding hydrogens is 164 g/mol. The smallest absolute Gasteiger partial charge is 0.223 e. The number of piperidine rings is 1. The molecule has 0 radical (unpaired) electrons. The molecular formula is C10H16N2O. The van der Waals surface area contributed by atoms with Crippen LogP contribution in [0.2, 0.25) is 0 Å². The molecule has 1 rings (SSSR count). The lowest BCUT2D eigenvalue weighted by molar-refractivity contribution is -0.136. The number of likely N-dealkylation sites (tertiary alicyclic amines) is 1. The average Bonchev–Trinajstić information content (AvgIpc) is 2.10. The van der Waals surface area contributed by atoms with Crippen molar-refractivity contribution in [2.45, 2.75) is 39.2 Å². The SMILES string of the molecule is CCC(C#N)N1CCC(C)CC1=O. The van der Waals surface area contributed by atoms with Gasteiger partial charge in [0, 0.05) is 13.0 Å². The van der Waals surface area contributed by atoms with Gasteiger partial charge >= 0.3 is 0 Å². The fourth-order valence-electron chi connectivity index (χ4n) is 1.71. The van der Waals surface area contributed by atoms with Crippen LogP contribution in [0.5, 0.6) is 0 Å². The van der Waals surface area contributed by atoms with Crippen molar-refractivity contribution in [3.05, 3.63) is 0 Å². The molecule has 72 valence electrons. The third-order valence-corrected chi connectivity index (χ3v) is 2.62. The largest absolute Gasteiger partial charge is 0.327 e. The van der Waals surface area contributed by atoms with Gasteiger partial charge in [0.15, 0.2) is 0 Å². The summed E-state index contributed by atoms with van der Waals surface area (Å²) in [6.07, 6.45) is 2.37. The lowest BCUT2D eigenvalue weighted by Gasteiger charge is -2.32. The van der Waals surface area contributed by atoms with Crippen molar-refractivity contribution < 1.29 is 4.79 Å². The number of nitrogens with zero attached hydrogens (tertiary/aromatic N) is 2. The highest BCUT2D eigenvalue weighted by molar-refractivity contribution is 5.77. The van der Waals surface area contributed by atoms with Crippen molar-refractivity contribution in [3.8, 4) is 6.07 Å². The lowest BCUT2D eigenvalue weighted by Crippen LogP contribution is -2.44. The Bertz CT molecular complexity index is 232. The van der Waals surface area contributed by atoms with Gasteiger partial charge in [0.1, 0.15) is 6.04 Å². The van der Waals surface area contributed by atoms with Gasteiger partial charge in [0.25, 0.3) is 0 Å². The summed E-state index contributed by atoms with van der Waals surface area (Å²) in [6, 6.07) is 1.96. The topological polar surface area (TPSA) is 44.1 Å². The summed E-state index contributed by atoms with van der Waals surface area (Å²) in [5.74, 6) is 0.632. The van der Waals surface area contributed by atoms with Crippen LogP contribution in [0, 0.1) is 17.2 Å². The van der Waals surface area contributed by atoms with Gasteiger partial charge in [-0.15, -0.1) is 0 Å². The van der Waals surface area contributed by atoms with Gasteiger partial charge in [-0.05, 0) is 18.8 Å². The summed E-state index contributed by atoms with van der Waals surface area (Å²) in [7, 11) is 0. The lowest BCUT2D eigenvalue weighted by atomic mass is 9.97. The van der Waals surface area contributed by atoms with E-state index in [0.29, 0.717) is 12.3 Å². The standard InChI is InChI=1S/C10H16N2O/c1-3-9(7-11)12-5-4-8(2)6-10(12)13/h8-9H,3-6H2,1-2H3. The maximum Gasteiger partial charge on any atom is 0.223 e. The maximum atomic E-state index is 11.5. The summed E-state index contributed by atoms with van der Waals surface area (Å²) >= 11 is 0. The van der Waals surface area contributed by atoms with Crippen LogP contribution in [0.15, 0.2) is 0 Å². The number of carbonyl (C=O) groups is 1. The molecule has 0 bridgehead atoms. The van der Waals surface area contributed by atoms with Crippen molar-refractivity contribution in [1.29, 1.82) is 5.26 Å². The number of nitriles is 1. The van der Waals surface area contributed by atoms with Crippen molar-refractivity contribution in [1.82, 2.24) is 4.90 Å². The molecule has 3 nitrogen and oxygen atoms in total. The van der Waals surface area contributed by atoms with Crippen LogP contribution in [0.3, 0.4) is 0 Å². The third-order valence-electron chi connectivity index (χ3n) is 2.62. The summed E-state index contributed by atoms with van der Waals surface area (Å²) in [5.41, 5.74) is 0. The highest BCUT2D eigenvalue weighted by atomic mass is 16.2. The van der Waals surface area contributed by atoms with Crippen LogP contribution in [-0.2, 0) is 4.79 Å². The molecule has 0 spiro atoms. The molecule has 13 heavy (non-hydrogen) atoms. The molecule has 1 fully saturated rings. The summed E-state index contributed by atoms with van der Waals surface area (Å²) < 4.78 is 0. The summed E-state index contributed by atoms with van der Waals surface area (Å²) in [6.45, 7) is 4.79. The third kappa shape index (κ3) is 2.21. The number of hydrogen-bond donors (Lipinski definition) is 0. The molecule has 0 saturated carbocycles. The normalized spacial score (nSPS) is 25.5. The Morgan fingerprint density at radius 2 is 2.46 bits per heavy atom. The van der Waals surface area contributed by atoms with Crippen molar-refractivity contribution in [2.24, 2.45) is 5.92 Å². The quantitative estimate of drug-likeness (QED) is 0.647. The molecule has 1 aliphatic rings. The highest BCUT2D eigenvalue weighted by Crippen LogP contribution is 2.20. The van der Waals surface area contributed by atoms with Gasteiger partial charge in [-0.2, -0.15) is 5.26 Å². The zero-order chi connectivity index (χ0) is 9.84. The molecule has 1 heterocycles. The van der Waals surface area contributed by atoms with E-state index in [1.165, 1.54) is 0 Å². The summed E-state index contributed by atoms with van der Waals surface area (Å²) in [5, 5.41) is 8.82. The van der Waals surface area contributed by atoms with E-state index in [0.717, 1.165) is 19.4 Å². The van der Waals surface area contributed by atoms with Gasteiger partial charge in [0.05, 0.1) is 6.07 Å². The number of rotatable bonds is 2. The Labute approximate surface area is 79.3 Å². The Morgan fingerprint density at radius 1 is 1.77 bits per heavy atom. The molecule has 0 aliphatic carbocycles. The van der Waals surface area contributed by atoms with E-state index in [9.17, 15) is 4.79 Å². The second-order valence-electron chi connectivity index (χ2n) is 3.74. The van der Waals surface area contributed by atoms with Crippen LogP contribution in [0.25, 0.3) is 0 Å². The molecule has 2 unspecified atom stereocenters. The molecule has 0 N–H and O–H groups in total. The van der Waals surface area contributed by atoms with Crippen molar-refractivity contribution >= 4 is 5.91 Å². The van der Waals surface area contributed by atoms with Gasteiger partial charge in [0.2, 0.25) is 5.91 Å². The first kappa shape index (κ1) is 10.0. The molecule has 0 aromatic rings. The Morgan fingerprint density at radius 3 is 2.92 bits per heavy atom. The number of carbonyl (C=O) groups excluding carboxylic acids is 1. The van der Waals surface area contributed by atoms with Gasteiger partial charge in [-0.25, -0.2) is 0 Å². The fraction of sp³-hybridized carbons (Fsp3) is 0.800. The van der Waals surface area contributed by atoms with Crippen LogP contribution in [-0.4, -0.2) is 23.4 Å². The molecule has 1 amide bonds. The zero-order valence-electron chi connectivity index (χ0n) is 8.29. The molecule has 1 saturated heterocycles. The van der Waals surface area contributed by atoms with E-state index in [-0.39, 0.29) is 11.9 Å². The second-order valence-corrected chi connectivity index (χ2v) is 3.74. The number of hydrogen-bond acceptors (Lipinski definition) is 2. The predicted octanol–water partition coefficient (Wildman–Crippen LogP) is 1.55. The minimum Gasteiger partial charge on any atom is -0.327 e. The van der Waals surface area contributed by atoms with Crippen LogP contribution >= 0.6 is 0 Å². The predicted molar refractivity (Wildman–Crippen MR) is 49.8 cm³/mol. The first-order valence-corrected chi connectivity index (χ1v) is 4.88. The maximum absolute atomic E-state index is 11.5. The van der Waals surface area contributed by atoms with Crippen molar-refractivity contribution in [3.63, 3.8) is 0 Å². The number of amides is 1. The fourth-order valence-corrected chi connectivity index (χ4v) is 1.71. The first-order chi connectivity index (χ1) is 6.19. The van der Waals surface area contributed by atoms with Crippen molar-refractivity contribution in [2.75, 3.05) is 6.54 Å². The average molecular weight is 180 g/mol. The van der Waals surface area contributed by atoms with Crippen LogP contribution in [0.4, 0.5) is 0 Å². The van der Waals surface area contributed by atoms with E-state index in [2.05, 4.69) is 13.0 Å². The molecule has 2 atom stereocenters. The van der Waals surface area contributed by atoms with Gasteiger partial charge < -0.3 is 4.90 Å². The molecule has 1 aliphatic heterocycles. The van der Waals surface area contributed by atoms with E-state index in [1.807, 2.05) is 6.92 Å². The van der Waals surface area contributed by atoms with E-state index >= 15 is 0 Å². The van der Waals surface area contributed by atoms with Crippen LogP contribution in [0.1, 0.15) is 33.1 Å². The minimum absolute atomic E-state index is 0.146. The van der Waals surface area contributed by atoms with E-state index in [1.54, 1.807) is 4.90 Å². The summed E-state index contributed by atoms with van der Waals surface area (Å²) in [4.78, 5) is 13.3. The zero-order valence-corrected chi connectivity index (χ0v) is 8.29. The first-order valence-electron chi connectivity index (χ1n) is 4.88. The van der Waals surface area contributed by atoms with Crippen LogP contribution < -0.4 is 0 Å². The highest BCUT2D eigenvalue weighted by Gasteiger charge is 2.27. The van der Waals surface area contributed by atoms with E-state index in [4.69, 9.17) is 5.26 Å². The molecule has 0 aromatic heterocycles. The monoisotopic (exact) mass is 180 g/mol. The molecule has 0 aromatic carbocycles. The van der Waals surface area contributed by atoms with Gasteiger partial charge in [-0.1, -0.05) is 13.8 Å².